The highest BCUT2D eigenvalue weighted by Gasteiger charge is 2.29. The summed E-state index contributed by atoms with van der Waals surface area (Å²) in [6, 6.07) is 1.84. The van der Waals surface area contributed by atoms with E-state index in [2.05, 4.69) is 14.9 Å². The van der Waals surface area contributed by atoms with E-state index >= 15 is 0 Å². The number of anilines is 1. The number of methoxy groups -OCH3 is 1. The molecule has 112 valence electrons. The molecule has 1 fully saturated rings. The average Bonchev–Trinajstić information content (AvgIpc) is 2.45. The molecule has 2 aromatic heterocycles. The van der Waals surface area contributed by atoms with Crippen LogP contribution < -0.4 is 4.90 Å². The number of rotatable bonds is 4. The molecule has 1 aliphatic heterocycles. The summed E-state index contributed by atoms with van der Waals surface area (Å²) in [7, 11) is 1.72. The fraction of sp³-hybridized carbons (Fsp3) is 0.467. The molecule has 0 amide bonds. The molecule has 0 aromatic carbocycles. The number of halogens is 1. The van der Waals surface area contributed by atoms with Gasteiger partial charge in [-0.1, -0.05) is 18.5 Å². The molecule has 0 aliphatic carbocycles. The van der Waals surface area contributed by atoms with Crippen molar-refractivity contribution in [1.29, 1.82) is 0 Å². The number of pyridine rings is 2. The zero-order valence-electron chi connectivity index (χ0n) is 12.1. The molecule has 0 spiro atoms. The van der Waals surface area contributed by atoms with Crippen LogP contribution >= 0.6 is 11.6 Å². The molecule has 1 N–H and O–H groups in total. The Bertz CT molecular complexity index is 659. The van der Waals surface area contributed by atoms with Gasteiger partial charge in [-0.3, -0.25) is 0 Å². The normalized spacial score (nSPS) is 17.0. The Kier molecular flexibility index (Phi) is 3.97. The Balaban J connectivity index is 2.07. The Morgan fingerprint density at radius 1 is 1.38 bits per heavy atom. The van der Waals surface area contributed by atoms with E-state index in [1.807, 2.05) is 19.2 Å². The minimum Gasteiger partial charge on any atom is -0.396 e. The van der Waals surface area contributed by atoms with E-state index in [1.54, 1.807) is 13.3 Å². The Hall–Kier alpha value is -1.43. The lowest BCUT2D eigenvalue weighted by molar-refractivity contribution is 0.0785. The van der Waals surface area contributed by atoms with Crippen molar-refractivity contribution < 1.29 is 9.84 Å². The van der Waals surface area contributed by atoms with E-state index in [0.29, 0.717) is 5.15 Å². The van der Waals surface area contributed by atoms with Crippen LogP contribution in [0.1, 0.15) is 18.4 Å². The second kappa shape index (κ2) is 5.75. The minimum absolute atomic E-state index is 0.00984. The molecule has 1 atom stereocenters. The lowest BCUT2D eigenvalue weighted by Gasteiger charge is -2.39. The van der Waals surface area contributed by atoms with Crippen molar-refractivity contribution >= 4 is 28.2 Å². The third-order valence-corrected chi connectivity index (χ3v) is 4.24. The Morgan fingerprint density at radius 2 is 2.14 bits per heavy atom. The summed E-state index contributed by atoms with van der Waals surface area (Å²) < 4.78 is 5.31. The van der Waals surface area contributed by atoms with Crippen LogP contribution in [0.15, 0.2) is 18.5 Å². The summed E-state index contributed by atoms with van der Waals surface area (Å²) in [6.45, 7) is 3.70. The fourth-order valence-electron chi connectivity index (χ4n) is 2.62. The molecule has 5 nitrogen and oxygen atoms in total. The summed E-state index contributed by atoms with van der Waals surface area (Å²) in [4.78, 5) is 10.9. The Labute approximate surface area is 128 Å². The SMILES string of the molecule is COC1CN(c2ncc(C(C)CO)c3cc(Cl)ncc23)C1. The van der Waals surface area contributed by atoms with Crippen molar-refractivity contribution in [2.45, 2.75) is 18.9 Å². The second-order valence-electron chi connectivity index (χ2n) is 5.44. The van der Waals surface area contributed by atoms with Crippen molar-refractivity contribution in [1.82, 2.24) is 9.97 Å². The standard InChI is InChI=1S/C15H18ClN3O2/c1-9(8-20)12-4-18-15(19-6-10(7-19)21-2)13-5-17-14(16)3-11(12)13/h3-5,9-10,20H,6-8H2,1-2H3. The van der Waals surface area contributed by atoms with Gasteiger partial charge in [-0.2, -0.15) is 0 Å². The van der Waals surface area contributed by atoms with Crippen molar-refractivity contribution in [2.75, 3.05) is 31.7 Å². The van der Waals surface area contributed by atoms with Gasteiger partial charge in [0.1, 0.15) is 11.0 Å². The van der Waals surface area contributed by atoms with Crippen LogP contribution in [0.2, 0.25) is 5.15 Å². The highest BCUT2D eigenvalue weighted by atomic mass is 35.5. The van der Waals surface area contributed by atoms with Gasteiger partial charge >= 0.3 is 0 Å². The third-order valence-electron chi connectivity index (χ3n) is 4.03. The van der Waals surface area contributed by atoms with Crippen molar-refractivity contribution in [3.8, 4) is 0 Å². The van der Waals surface area contributed by atoms with E-state index in [9.17, 15) is 5.11 Å². The van der Waals surface area contributed by atoms with Gasteiger partial charge in [-0.05, 0) is 17.0 Å². The number of aliphatic hydroxyl groups excluding tert-OH is 1. The molecule has 6 heteroatoms. The molecular weight excluding hydrogens is 290 g/mol. The second-order valence-corrected chi connectivity index (χ2v) is 5.82. The minimum atomic E-state index is 0.00984. The van der Waals surface area contributed by atoms with Crippen LogP contribution in [0.25, 0.3) is 10.8 Å². The largest absolute Gasteiger partial charge is 0.396 e. The summed E-state index contributed by atoms with van der Waals surface area (Å²) >= 11 is 6.04. The van der Waals surface area contributed by atoms with Gasteiger partial charge in [-0.15, -0.1) is 0 Å². The first kappa shape index (κ1) is 14.5. The maximum Gasteiger partial charge on any atom is 0.138 e. The van der Waals surface area contributed by atoms with E-state index in [1.165, 1.54) is 0 Å². The molecule has 1 aliphatic rings. The molecule has 0 radical (unpaired) electrons. The smallest absolute Gasteiger partial charge is 0.138 e. The zero-order chi connectivity index (χ0) is 15.0. The molecular formula is C15H18ClN3O2. The van der Waals surface area contributed by atoms with Crippen LogP contribution in [0.4, 0.5) is 5.82 Å². The number of ether oxygens (including phenoxy) is 1. The van der Waals surface area contributed by atoms with Gasteiger partial charge in [0.15, 0.2) is 0 Å². The summed E-state index contributed by atoms with van der Waals surface area (Å²) in [5.41, 5.74) is 0.990. The maximum atomic E-state index is 9.42. The summed E-state index contributed by atoms with van der Waals surface area (Å²) in [6.07, 6.45) is 3.85. The van der Waals surface area contributed by atoms with Gasteiger partial charge in [0.2, 0.25) is 0 Å². The molecule has 2 aromatic rings. The monoisotopic (exact) mass is 307 g/mol. The van der Waals surface area contributed by atoms with Crippen LogP contribution in [-0.2, 0) is 4.74 Å². The van der Waals surface area contributed by atoms with Crippen LogP contribution in [0.5, 0.6) is 0 Å². The topological polar surface area (TPSA) is 58.5 Å². The maximum absolute atomic E-state index is 9.42. The predicted molar refractivity (Wildman–Crippen MR) is 83.1 cm³/mol. The fourth-order valence-corrected chi connectivity index (χ4v) is 2.78. The number of aliphatic hydroxyl groups is 1. The molecule has 21 heavy (non-hydrogen) atoms. The molecule has 1 saturated heterocycles. The van der Waals surface area contributed by atoms with E-state index in [0.717, 1.165) is 35.2 Å². The number of hydrogen-bond donors (Lipinski definition) is 1. The predicted octanol–water partition coefficient (Wildman–Crippen LogP) is 2.21. The van der Waals surface area contributed by atoms with Crippen LogP contribution in [-0.4, -0.2) is 48.0 Å². The van der Waals surface area contributed by atoms with Gasteiger partial charge in [0.05, 0.1) is 6.10 Å². The van der Waals surface area contributed by atoms with E-state index in [-0.39, 0.29) is 18.6 Å². The van der Waals surface area contributed by atoms with Crippen LogP contribution in [0.3, 0.4) is 0 Å². The number of aromatic nitrogens is 2. The number of nitrogens with zero attached hydrogens (tertiary/aromatic N) is 3. The first-order chi connectivity index (χ1) is 10.1. The molecule has 1 unspecified atom stereocenters. The summed E-state index contributed by atoms with van der Waals surface area (Å²) in [5.74, 6) is 0.909. The third kappa shape index (κ3) is 2.57. The van der Waals surface area contributed by atoms with Gasteiger partial charge in [0.25, 0.3) is 0 Å². The lowest BCUT2D eigenvalue weighted by Crippen LogP contribution is -2.52. The van der Waals surface area contributed by atoms with Crippen LogP contribution in [0, 0.1) is 0 Å². The van der Waals surface area contributed by atoms with E-state index < -0.39 is 0 Å². The first-order valence-electron chi connectivity index (χ1n) is 6.96. The highest BCUT2D eigenvalue weighted by molar-refractivity contribution is 6.30. The number of fused-ring (bicyclic) bond motifs is 1. The zero-order valence-corrected chi connectivity index (χ0v) is 12.8. The molecule has 0 bridgehead atoms. The molecule has 3 rings (SSSR count). The molecule has 0 saturated carbocycles. The van der Waals surface area contributed by atoms with Gasteiger partial charge in [0, 0.05) is 50.5 Å². The average molecular weight is 308 g/mol. The van der Waals surface area contributed by atoms with Crippen molar-refractivity contribution in [3.05, 3.63) is 29.2 Å². The molecule has 3 heterocycles. The number of hydrogen-bond acceptors (Lipinski definition) is 5. The van der Waals surface area contributed by atoms with E-state index in [4.69, 9.17) is 16.3 Å². The quantitative estimate of drug-likeness (QED) is 0.878. The highest BCUT2D eigenvalue weighted by Crippen LogP contribution is 2.33. The first-order valence-corrected chi connectivity index (χ1v) is 7.34. The van der Waals surface area contributed by atoms with Gasteiger partial charge < -0.3 is 14.7 Å². The summed E-state index contributed by atoms with van der Waals surface area (Å²) in [5, 5.41) is 11.8. The van der Waals surface area contributed by atoms with Crippen molar-refractivity contribution in [2.24, 2.45) is 0 Å². The van der Waals surface area contributed by atoms with Gasteiger partial charge in [-0.25, -0.2) is 9.97 Å². The lowest BCUT2D eigenvalue weighted by atomic mass is 9.98. The van der Waals surface area contributed by atoms with Crippen molar-refractivity contribution in [3.63, 3.8) is 0 Å². The Morgan fingerprint density at radius 3 is 2.81 bits per heavy atom.